The maximum absolute atomic E-state index is 13.3. The lowest BCUT2D eigenvalue weighted by Crippen LogP contribution is -2.42. The van der Waals surface area contributed by atoms with Crippen LogP contribution in [-0.4, -0.2) is 37.5 Å². The molecule has 1 aromatic heterocycles. The highest BCUT2D eigenvalue weighted by atomic mass is 19.4. The Morgan fingerprint density at radius 3 is 2.54 bits per heavy atom. The van der Waals surface area contributed by atoms with Crippen molar-refractivity contribution in [3.05, 3.63) is 76.6 Å². The predicted octanol–water partition coefficient (Wildman–Crippen LogP) is 4.11. The Kier molecular flexibility index (Phi) is 5.39. The van der Waals surface area contributed by atoms with E-state index >= 15 is 0 Å². The summed E-state index contributed by atoms with van der Waals surface area (Å²) >= 11 is 0. The quantitative estimate of drug-likeness (QED) is 0.337. The van der Waals surface area contributed by atoms with E-state index in [2.05, 4.69) is 25.1 Å². The normalized spacial score (nSPS) is 15.6. The van der Waals surface area contributed by atoms with Crippen LogP contribution in [0.25, 0.3) is 11.4 Å². The molecule has 35 heavy (non-hydrogen) atoms. The summed E-state index contributed by atoms with van der Waals surface area (Å²) in [6.45, 7) is 0.631. The molecule has 3 aliphatic rings. The van der Waals surface area contributed by atoms with Gasteiger partial charge < -0.3 is 9.88 Å². The van der Waals surface area contributed by atoms with Crippen molar-refractivity contribution in [3.63, 3.8) is 0 Å². The van der Waals surface area contributed by atoms with Gasteiger partial charge in [-0.25, -0.2) is 4.39 Å². The predicted molar refractivity (Wildman–Crippen MR) is 114 cm³/mol. The van der Waals surface area contributed by atoms with Crippen LogP contribution < -0.4 is 4.90 Å². The van der Waals surface area contributed by atoms with Crippen molar-refractivity contribution >= 4 is 11.7 Å². The molecule has 0 bridgehead atoms. The maximum Gasteiger partial charge on any atom is 0.433 e. The van der Waals surface area contributed by atoms with E-state index in [4.69, 9.17) is 0 Å². The van der Waals surface area contributed by atoms with E-state index in [-0.39, 0.29) is 40.9 Å². The van der Waals surface area contributed by atoms with Gasteiger partial charge in [-0.2, -0.15) is 23.4 Å². The van der Waals surface area contributed by atoms with Gasteiger partial charge in [0.15, 0.2) is 17.3 Å². The SMILES string of the molecule is N#Cc1nnc2nc(N3CC[C@H]3c3ccc(F)cc3)[nH]c(CC(=O)c3ccc(C(F)(F)F)nc3)c1-2. The molecule has 5 rings (SSSR count). The zero-order chi connectivity index (χ0) is 24.7. The number of pyridine rings is 1. The van der Waals surface area contributed by atoms with Crippen LogP contribution in [0.5, 0.6) is 0 Å². The number of benzene rings is 1. The topological polar surface area (TPSA) is 111 Å². The number of rotatable bonds is 5. The fourth-order valence-electron chi connectivity index (χ4n) is 3.99. The number of Topliss-reactive ketones (excluding diaryl/α,β-unsaturated/α-hetero) is 1. The highest BCUT2D eigenvalue weighted by molar-refractivity contribution is 5.98. The largest absolute Gasteiger partial charge is 0.433 e. The van der Waals surface area contributed by atoms with Crippen LogP contribution >= 0.6 is 0 Å². The standard InChI is InChI=1S/C23H15F4N7O/c24-14-4-1-12(2-5-14)17-7-8-34(17)22-30-15(20-16(10-28)32-33-21(20)31-22)9-18(35)13-3-6-19(29-11-13)23(25,26)27/h1-6,11,17H,7-9H2,(H,30,31,32,33)/t17-/m0/s1. The van der Waals surface area contributed by atoms with Crippen molar-refractivity contribution in [3.8, 4) is 17.5 Å². The molecule has 0 radical (unpaired) electrons. The van der Waals surface area contributed by atoms with Gasteiger partial charge in [-0.15, -0.1) is 10.2 Å². The zero-order valence-corrected chi connectivity index (χ0v) is 17.8. The first-order valence-electron chi connectivity index (χ1n) is 10.5. The molecule has 4 heterocycles. The summed E-state index contributed by atoms with van der Waals surface area (Å²) in [4.78, 5) is 25.7. The number of nitrogens with one attached hydrogen (secondary N) is 1. The number of nitrogens with zero attached hydrogens (tertiary/aromatic N) is 6. The summed E-state index contributed by atoms with van der Waals surface area (Å²) in [6.07, 6.45) is -3.22. The van der Waals surface area contributed by atoms with Crippen LogP contribution in [0.1, 0.15) is 45.5 Å². The summed E-state index contributed by atoms with van der Waals surface area (Å²) in [5, 5.41) is 17.2. The summed E-state index contributed by atoms with van der Waals surface area (Å²) < 4.78 is 51.7. The lowest BCUT2D eigenvalue weighted by molar-refractivity contribution is -0.141. The Bertz CT molecular complexity index is 1410. The van der Waals surface area contributed by atoms with Crippen LogP contribution in [0.3, 0.4) is 0 Å². The molecule has 1 fully saturated rings. The van der Waals surface area contributed by atoms with E-state index in [1.807, 2.05) is 11.0 Å². The first-order chi connectivity index (χ1) is 16.7. The third-order valence-corrected chi connectivity index (χ3v) is 5.85. The number of hydrogen-bond donors (Lipinski definition) is 1. The number of anilines is 1. The summed E-state index contributed by atoms with van der Waals surface area (Å²) in [5.41, 5.74) is 0.312. The number of halogens is 4. The number of aromatic amines is 1. The molecule has 1 atom stereocenters. The maximum atomic E-state index is 13.3. The van der Waals surface area contributed by atoms with E-state index in [1.54, 1.807) is 12.1 Å². The Hall–Kier alpha value is -4.40. The fourth-order valence-corrected chi connectivity index (χ4v) is 3.99. The van der Waals surface area contributed by atoms with Crippen molar-refractivity contribution in [1.29, 1.82) is 5.26 Å². The van der Waals surface area contributed by atoms with Gasteiger partial charge in [0, 0.05) is 24.0 Å². The number of aromatic nitrogens is 5. The zero-order valence-electron chi connectivity index (χ0n) is 17.8. The average molecular weight is 481 g/mol. The average Bonchev–Trinajstić information content (AvgIpc) is 3.23. The van der Waals surface area contributed by atoms with Crippen molar-refractivity contribution in [1.82, 2.24) is 25.1 Å². The molecule has 12 heteroatoms. The number of ketones is 1. The molecule has 0 unspecified atom stereocenters. The molecule has 176 valence electrons. The van der Waals surface area contributed by atoms with Crippen molar-refractivity contribution in [2.75, 3.05) is 11.4 Å². The number of fused-ring (bicyclic) bond motifs is 1. The first kappa shape index (κ1) is 22.4. The van der Waals surface area contributed by atoms with Gasteiger partial charge in [-0.05, 0) is 36.2 Å². The van der Waals surface area contributed by atoms with Gasteiger partial charge in [0.2, 0.25) is 5.95 Å². The second-order valence-electron chi connectivity index (χ2n) is 7.98. The number of carbonyl (C=O) groups excluding carboxylic acids is 1. The molecule has 0 aliphatic carbocycles. The summed E-state index contributed by atoms with van der Waals surface area (Å²) in [7, 11) is 0. The molecule has 3 aliphatic heterocycles. The first-order valence-corrected chi connectivity index (χ1v) is 10.5. The number of alkyl halides is 3. The van der Waals surface area contributed by atoms with Crippen LogP contribution in [0.2, 0.25) is 0 Å². The molecule has 1 N–H and O–H groups in total. The van der Waals surface area contributed by atoms with E-state index in [9.17, 15) is 27.6 Å². The van der Waals surface area contributed by atoms with Gasteiger partial charge in [-0.1, -0.05) is 12.1 Å². The minimum absolute atomic E-state index is 0.0166. The van der Waals surface area contributed by atoms with E-state index < -0.39 is 17.7 Å². The minimum atomic E-state index is -4.62. The van der Waals surface area contributed by atoms with Crippen molar-refractivity contribution < 1.29 is 22.4 Å². The molecular weight excluding hydrogens is 466 g/mol. The summed E-state index contributed by atoms with van der Waals surface area (Å²) in [6, 6.07) is 9.74. The molecule has 0 spiro atoms. The number of H-pyrrole nitrogens is 1. The molecular formula is C23H15F4N7O. The van der Waals surface area contributed by atoms with Crippen LogP contribution in [0, 0.1) is 17.1 Å². The van der Waals surface area contributed by atoms with Crippen LogP contribution in [0.4, 0.5) is 23.5 Å². The Morgan fingerprint density at radius 1 is 1.17 bits per heavy atom. The minimum Gasteiger partial charge on any atom is -0.335 e. The molecule has 8 nitrogen and oxygen atoms in total. The van der Waals surface area contributed by atoms with Gasteiger partial charge in [0.1, 0.15) is 17.6 Å². The van der Waals surface area contributed by atoms with Crippen molar-refractivity contribution in [2.24, 2.45) is 0 Å². The van der Waals surface area contributed by atoms with E-state index in [1.165, 1.54) is 12.1 Å². The molecule has 1 aromatic carbocycles. The second kappa shape index (κ2) is 8.43. The Morgan fingerprint density at radius 2 is 1.94 bits per heavy atom. The third kappa shape index (κ3) is 4.16. The van der Waals surface area contributed by atoms with Gasteiger partial charge in [0.05, 0.1) is 18.0 Å². The monoisotopic (exact) mass is 481 g/mol. The van der Waals surface area contributed by atoms with Gasteiger partial charge in [-0.3, -0.25) is 9.78 Å². The van der Waals surface area contributed by atoms with E-state index in [0.29, 0.717) is 18.2 Å². The van der Waals surface area contributed by atoms with Crippen LogP contribution in [-0.2, 0) is 12.6 Å². The van der Waals surface area contributed by atoms with Crippen LogP contribution in [0.15, 0.2) is 42.6 Å². The molecule has 2 aromatic rings. The third-order valence-electron chi connectivity index (χ3n) is 5.85. The molecule has 0 amide bonds. The summed E-state index contributed by atoms with van der Waals surface area (Å²) in [5.74, 6) is -0.311. The second-order valence-corrected chi connectivity index (χ2v) is 7.98. The number of carbonyl (C=O) groups is 1. The van der Waals surface area contributed by atoms with E-state index in [0.717, 1.165) is 30.3 Å². The Labute approximate surface area is 195 Å². The number of nitriles is 1. The van der Waals surface area contributed by atoms with Crippen molar-refractivity contribution in [2.45, 2.75) is 25.1 Å². The molecule has 0 saturated carbocycles. The fraction of sp³-hybridized carbons (Fsp3) is 0.217. The lowest BCUT2D eigenvalue weighted by Gasteiger charge is -2.42. The highest BCUT2D eigenvalue weighted by Gasteiger charge is 2.34. The van der Waals surface area contributed by atoms with Gasteiger partial charge >= 0.3 is 6.18 Å². The smallest absolute Gasteiger partial charge is 0.335 e. The van der Waals surface area contributed by atoms with Gasteiger partial charge in [0.25, 0.3) is 0 Å². The lowest BCUT2D eigenvalue weighted by atomic mass is 9.95. The highest BCUT2D eigenvalue weighted by Crippen LogP contribution is 2.38. The Balaban J connectivity index is 1.48. The number of hydrogen-bond acceptors (Lipinski definition) is 7. The molecule has 1 saturated heterocycles.